The molecule has 1 aliphatic heterocycles. The molecule has 4 aromatic carbocycles. The number of rotatable bonds is 6. The molecule has 1 heterocycles. The number of esters is 1. The van der Waals surface area contributed by atoms with Gasteiger partial charge < -0.3 is 9.47 Å². The molecule has 6 rings (SSSR count). The first-order valence-electron chi connectivity index (χ1n) is 12.6. The van der Waals surface area contributed by atoms with Crippen molar-refractivity contribution in [1.29, 1.82) is 0 Å². The smallest absolute Gasteiger partial charge is 0.411 e. The number of benzene rings is 4. The van der Waals surface area contributed by atoms with Gasteiger partial charge in [0.15, 0.2) is 6.04 Å². The topological polar surface area (TPSA) is 55.8 Å². The molecule has 0 spiro atoms. The fourth-order valence-electron chi connectivity index (χ4n) is 5.47. The molecule has 1 atom stereocenters. The number of carbonyl (C=O) groups excluding carboxylic acids is 2. The predicted octanol–water partition coefficient (Wildman–Crippen LogP) is 6.96. The summed E-state index contributed by atoms with van der Waals surface area (Å²) in [6.07, 6.45) is -0.517. The van der Waals surface area contributed by atoms with Crippen LogP contribution in [0.3, 0.4) is 0 Å². The van der Waals surface area contributed by atoms with Crippen LogP contribution in [0.2, 0.25) is 0 Å². The van der Waals surface area contributed by atoms with E-state index in [1.165, 1.54) is 28.7 Å². The van der Waals surface area contributed by atoms with Crippen molar-refractivity contribution in [2.24, 2.45) is 0 Å². The zero-order chi connectivity index (χ0) is 26.1. The standard InChI is InChI=1S/C32H27NO4S/c1-36-31(34)30-24-16-15-23(38-20-21-9-3-2-4-10-21)17-22(24)18-33(30)32(35)37-19-29-27-13-7-5-11-25(27)26-12-6-8-14-28(26)29/h2-17,29-30H,18-20H2,1H3. The van der Waals surface area contributed by atoms with Crippen molar-refractivity contribution in [1.82, 2.24) is 4.90 Å². The highest BCUT2D eigenvalue weighted by Crippen LogP contribution is 2.45. The van der Waals surface area contributed by atoms with Crippen LogP contribution in [0, 0.1) is 0 Å². The molecule has 0 radical (unpaired) electrons. The highest BCUT2D eigenvalue weighted by molar-refractivity contribution is 7.98. The molecule has 1 unspecified atom stereocenters. The van der Waals surface area contributed by atoms with Crippen molar-refractivity contribution in [2.75, 3.05) is 13.7 Å². The van der Waals surface area contributed by atoms with Gasteiger partial charge in [0.05, 0.1) is 13.7 Å². The van der Waals surface area contributed by atoms with Crippen LogP contribution in [0.25, 0.3) is 11.1 Å². The summed E-state index contributed by atoms with van der Waals surface area (Å²) in [5, 5.41) is 0. The van der Waals surface area contributed by atoms with E-state index >= 15 is 0 Å². The van der Waals surface area contributed by atoms with Crippen LogP contribution in [0.5, 0.6) is 0 Å². The van der Waals surface area contributed by atoms with Gasteiger partial charge >= 0.3 is 12.1 Å². The zero-order valence-corrected chi connectivity index (χ0v) is 21.8. The van der Waals surface area contributed by atoms with E-state index in [1.807, 2.05) is 54.6 Å². The summed E-state index contributed by atoms with van der Waals surface area (Å²) < 4.78 is 11.0. The predicted molar refractivity (Wildman–Crippen MR) is 148 cm³/mol. The zero-order valence-electron chi connectivity index (χ0n) is 21.0. The molecule has 2 aliphatic rings. The van der Waals surface area contributed by atoms with Crippen molar-refractivity contribution >= 4 is 23.8 Å². The molecule has 1 amide bonds. The summed E-state index contributed by atoms with van der Waals surface area (Å²) in [5.74, 6) is 0.326. The van der Waals surface area contributed by atoms with Gasteiger partial charge in [0, 0.05) is 16.6 Å². The number of hydrogen-bond acceptors (Lipinski definition) is 5. The van der Waals surface area contributed by atoms with E-state index in [0.717, 1.165) is 32.9 Å². The van der Waals surface area contributed by atoms with E-state index in [1.54, 1.807) is 11.8 Å². The molecule has 0 saturated heterocycles. The molecule has 38 heavy (non-hydrogen) atoms. The van der Waals surface area contributed by atoms with Gasteiger partial charge in [-0.05, 0) is 51.1 Å². The first kappa shape index (κ1) is 24.3. The highest BCUT2D eigenvalue weighted by atomic mass is 32.2. The number of methoxy groups -OCH3 is 1. The van der Waals surface area contributed by atoms with Gasteiger partial charge in [-0.25, -0.2) is 9.59 Å². The summed E-state index contributed by atoms with van der Waals surface area (Å²) in [6.45, 7) is 0.497. The molecular formula is C32H27NO4S. The third-order valence-electron chi connectivity index (χ3n) is 7.30. The average molecular weight is 522 g/mol. The maximum absolute atomic E-state index is 13.4. The lowest BCUT2D eigenvalue weighted by Gasteiger charge is -2.24. The van der Waals surface area contributed by atoms with E-state index < -0.39 is 18.1 Å². The number of amides is 1. The van der Waals surface area contributed by atoms with E-state index in [-0.39, 0.29) is 12.5 Å². The number of hydrogen-bond donors (Lipinski definition) is 0. The summed E-state index contributed by atoms with van der Waals surface area (Å²) in [6, 6.07) is 31.9. The van der Waals surface area contributed by atoms with E-state index in [0.29, 0.717) is 6.54 Å². The number of fused-ring (bicyclic) bond motifs is 4. The van der Waals surface area contributed by atoms with Gasteiger partial charge in [-0.1, -0.05) is 84.9 Å². The lowest BCUT2D eigenvalue weighted by molar-refractivity contribution is -0.146. The Hall–Kier alpha value is -4.03. The van der Waals surface area contributed by atoms with Crippen molar-refractivity contribution in [3.05, 3.63) is 125 Å². The van der Waals surface area contributed by atoms with Gasteiger partial charge in [0.2, 0.25) is 0 Å². The monoisotopic (exact) mass is 521 g/mol. The highest BCUT2D eigenvalue weighted by Gasteiger charge is 2.41. The molecule has 0 bridgehead atoms. The second-order valence-corrected chi connectivity index (χ2v) is 10.5. The molecule has 0 aromatic heterocycles. The second kappa shape index (κ2) is 10.4. The van der Waals surface area contributed by atoms with Crippen LogP contribution in [0.15, 0.2) is 102 Å². The van der Waals surface area contributed by atoms with Gasteiger partial charge in [-0.2, -0.15) is 0 Å². The van der Waals surface area contributed by atoms with Crippen molar-refractivity contribution < 1.29 is 19.1 Å². The Morgan fingerprint density at radius 3 is 2.18 bits per heavy atom. The Morgan fingerprint density at radius 2 is 1.50 bits per heavy atom. The van der Waals surface area contributed by atoms with Crippen molar-refractivity contribution in [2.45, 2.75) is 29.2 Å². The molecule has 5 nitrogen and oxygen atoms in total. The maximum atomic E-state index is 13.4. The number of ether oxygens (including phenoxy) is 2. The van der Waals surface area contributed by atoms with Crippen LogP contribution in [-0.2, 0) is 26.6 Å². The van der Waals surface area contributed by atoms with Crippen LogP contribution in [0.1, 0.15) is 39.8 Å². The van der Waals surface area contributed by atoms with Gasteiger partial charge in [0.25, 0.3) is 0 Å². The molecule has 6 heteroatoms. The summed E-state index contributed by atoms with van der Waals surface area (Å²) in [7, 11) is 1.35. The van der Waals surface area contributed by atoms with Crippen LogP contribution in [0.4, 0.5) is 4.79 Å². The van der Waals surface area contributed by atoms with Crippen LogP contribution < -0.4 is 0 Å². The number of nitrogens with zero attached hydrogens (tertiary/aromatic N) is 1. The Kier molecular flexibility index (Phi) is 6.64. The summed E-state index contributed by atoms with van der Waals surface area (Å²) in [4.78, 5) is 28.8. The van der Waals surface area contributed by atoms with Crippen molar-refractivity contribution in [3.8, 4) is 11.1 Å². The van der Waals surface area contributed by atoms with Crippen LogP contribution >= 0.6 is 11.8 Å². The Balaban J connectivity index is 1.19. The molecule has 0 N–H and O–H groups in total. The largest absolute Gasteiger partial charge is 0.467 e. The normalized spacial score (nSPS) is 15.5. The van der Waals surface area contributed by atoms with E-state index in [2.05, 4.69) is 42.5 Å². The lowest BCUT2D eigenvalue weighted by Crippen LogP contribution is -2.35. The Morgan fingerprint density at radius 1 is 0.842 bits per heavy atom. The van der Waals surface area contributed by atoms with E-state index in [9.17, 15) is 9.59 Å². The molecule has 0 fully saturated rings. The first-order chi connectivity index (χ1) is 18.6. The molecule has 1 aliphatic carbocycles. The molecule has 190 valence electrons. The Bertz CT molecular complexity index is 1460. The third-order valence-corrected chi connectivity index (χ3v) is 8.37. The summed E-state index contributed by atoms with van der Waals surface area (Å²) >= 11 is 1.73. The SMILES string of the molecule is COC(=O)C1c2ccc(SCc3ccccc3)cc2CN1C(=O)OCC1c2ccccc2-c2ccccc21. The second-order valence-electron chi connectivity index (χ2n) is 9.49. The summed E-state index contributed by atoms with van der Waals surface area (Å²) in [5.41, 5.74) is 7.61. The Labute approximate surface area is 226 Å². The minimum Gasteiger partial charge on any atom is -0.467 e. The average Bonchev–Trinajstić information content (AvgIpc) is 3.51. The molecular weight excluding hydrogens is 494 g/mol. The number of carbonyl (C=O) groups is 2. The fraction of sp³-hybridized carbons (Fsp3) is 0.188. The first-order valence-corrected chi connectivity index (χ1v) is 13.6. The minimum atomic E-state index is -0.821. The lowest BCUT2D eigenvalue weighted by atomic mass is 9.98. The molecule has 4 aromatic rings. The van der Waals surface area contributed by atoms with Gasteiger partial charge in [-0.15, -0.1) is 11.8 Å². The fourth-order valence-corrected chi connectivity index (χ4v) is 6.39. The maximum Gasteiger partial charge on any atom is 0.411 e. The van der Waals surface area contributed by atoms with Gasteiger partial charge in [-0.3, -0.25) is 4.90 Å². The molecule has 0 saturated carbocycles. The number of thioether (sulfide) groups is 1. The van der Waals surface area contributed by atoms with Crippen molar-refractivity contribution in [3.63, 3.8) is 0 Å². The quantitative estimate of drug-likeness (QED) is 0.203. The third kappa shape index (κ3) is 4.45. The van der Waals surface area contributed by atoms with E-state index in [4.69, 9.17) is 9.47 Å². The van der Waals surface area contributed by atoms with Crippen LogP contribution in [-0.4, -0.2) is 30.7 Å². The van der Waals surface area contributed by atoms with Gasteiger partial charge in [0.1, 0.15) is 6.61 Å². The minimum absolute atomic E-state index is 0.0473.